The van der Waals surface area contributed by atoms with Gasteiger partial charge in [0, 0.05) is 55.3 Å². The first-order chi connectivity index (χ1) is 18.9. The van der Waals surface area contributed by atoms with Crippen LogP contribution < -0.4 is 21.5 Å². The molecule has 6 heterocycles. The normalized spacial score (nSPS) is 30.5. The highest BCUT2D eigenvalue weighted by molar-refractivity contribution is 7.89. The Labute approximate surface area is 231 Å². The lowest BCUT2D eigenvalue weighted by molar-refractivity contribution is 0.0337. The summed E-state index contributed by atoms with van der Waals surface area (Å²) < 4.78 is 33.1. The minimum absolute atomic E-state index is 0.0565. The van der Waals surface area contributed by atoms with Gasteiger partial charge < -0.3 is 15.4 Å². The summed E-state index contributed by atoms with van der Waals surface area (Å²) in [5, 5.41) is 8.27. The van der Waals surface area contributed by atoms with Gasteiger partial charge in [-0.3, -0.25) is 15.3 Å². The molecule has 11 nitrogen and oxygen atoms in total. The molecule has 4 saturated heterocycles. The monoisotopic (exact) mass is 558 g/mol. The van der Waals surface area contributed by atoms with Crippen LogP contribution in [0.25, 0.3) is 10.9 Å². The van der Waals surface area contributed by atoms with E-state index in [1.165, 1.54) is 0 Å². The van der Waals surface area contributed by atoms with E-state index in [1.54, 1.807) is 6.92 Å². The largest absolute Gasteiger partial charge is 0.379 e. The third-order valence-electron chi connectivity index (χ3n) is 8.58. The average Bonchev–Trinajstić information content (AvgIpc) is 3.32. The van der Waals surface area contributed by atoms with Crippen molar-refractivity contribution in [1.29, 1.82) is 0 Å². The number of fused-ring (bicyclic) bond motifs is 3. The van der Waals surface area contributed by atoms with Gasteiger partial charge in [-0.2, -0.15) is 4.31 Å². The van der Waals surface area contributed by atoms with Gasteiger partial charge in [0.2, 0.25) is 10.0 Å². The summed E-state index contributed by atoms with van der Waals surface area (Å²) in [6, 6.07) is 6.93. The quantitative estimate of drug-likeness (QED) is 0.384. The highest BCUT2D eigenvalue weighted by Gasteiger charge is 2.43. The van der Waals surface area contributed by atoms with Crippen molar-refractivity contribution in [2.45, 2.75) is 89.3 Å². The van der Waals surface area contributed by atoms with Crippen LogP contribution in [-0.2, 0) is 21.3 Å². The Hall–Kier alpha value is -2.09. The van der Waals surface area contributed by atoms with Gasteiger partial charge in [-0.25, -0.2) is 18.8 Å². The zero-order chi connectivity index (χ0) is 27.0. The Bertz CT molecular complexity index is 1250. The van der Waals surface area contributed by atoms with Gasteiger partial charge in [-0.15, -0.1) is 0 Å². The van der Waals surface area contributed by atoms with Crippen molar-refractivity contribution >= 4 is 32.6 Å². The number of hydrogen-bond acceptors (Lipinski definition) is 10. The lowest BCUT2D eigenvalue weighted by Gasteiger charge is -2.47. The molecule has 5 atom stereocenters. The lowest BCUT2D eigenvalue weighted by Crippen LogP contribution is -2.57. The number of anilines is 2. The number of hydrogen-bond donors (Lipinski definition) is 4. The standard InChI is InChI=1S/C27H42N8O3S/c1-3-39(36,37)35-21-5-4-6-22(35)15-20(14-21)29-27-23-8-7-19(17-34-9-11-38-12-10-34)28-24(23)16-25(31-27)30-26-13-18(2)32-33-26/h7-8,16,18,20-22,26,32-33H,3-6,9-15,17H2,1-2H3,(H2,29,30,31)/t18?,20?,21-,22+,26?. The molecule has 2 bridgehead atoms. The lowest BCUT2D eigenvalue weighted by atomic mass is 9.84. The summed E-state index contributed by atoms with van der Waals surface area (Å²) >= 11 is 0. The molecule has 0 radical (unpaired) electrons. The van der Waals surface area contributed by atoms with Gasteiger partial charge >= 0.3 is 0 Å². The van der Waals surface area contributed by atoms with Gasteiger partial charge in [0.1, 0.15) is 11.6 Å². The molecule has 4 fully saturated rings. The molecule has 2 aromatic heterocycles. The molecule has 4 aliphatic heterocycles. The van der Waals surface area contributed by atoms with Crippen LogP contribution in [0.3, 0.4) is 0 Å². The molecular formula is C27H42N8O3S. The van der Waals surface area contributed by atoms with Crippen molar-refractivity contribution in [3.63, 3.8) is 0 Å². The van der Waals surface area contributed by atoms with Crippen molar-refractivity contribution in [1.82, 2.24) is 30.0 Å². The first-order valence-corrected chi connectivity index (χ1v) is 16.1. The Kier molecular flexibility index (Phi) is 7.93. The van der Waals surface area contributed by atoms with E-state index in [4.69, 9.17) is 14.7 Å². The topological polar surface area (TPSA) is 124 Å². The van der Waals surface area contributed by atoms with Crippen molar-refractivity contribution in [2.24, 2.45) is 0 Å². The Morgan fingerprint density at radius 2 is 1.82 bits per heavy atom. The SMILES string of the molecule is CCS(=O)(=O)N1[C@@H]2CCC[C@H]1CC(Nc1nc(NC3CC(C)NN3)cc3nc(CN4CCOCC4)ccc13)C2. The van der Waals surface area contributed by atoms with Gasteiger partial charge in [-0.1, -0.05) is 6.42 Å². The number of ether oxygens (including phenoxy) is 1. The molecule has 214 valence electrons. The van der Waals surface area contributed by atoms with Crippen LogP contribution >= 0.6 is 0 Å². The molecule has 6 rings (SSSR count). The number of nitrogens with one attached hydrogen (secondary N) is 4. The molecule has 0 amide bonds. The molecule has 0 spiro atoms. The van der Waals surface area contributed by atoms with E-state index < -0.39 is 10.0 Å². The number of morpholine rings is 1. The summed E-state index contributed by atoms with van der Waals surface area (Å²) in [6.07, 6.45) is 5.56. The van der Waals surface area contributed by atoms with Crippen LogP contribution in [0.5, 0.6) is 0 Å². The summed E-state index contributed by atoms with van der Waals surface area (Å²) in [5.41, 5.74) is 8.51. The van der Waals surface area contributed by atoms with Gasteiger partial charge in [0.25, 0.3) is 0 Å². The number of pyridine rings is 2. The number of sulfonamides is 1. The van der Waals surface area contributed by atoms with Gasteiger partial charge in [0.05, 0.1) is 36.3 Å². The fraction of sp³-hybridized carbons (Fsp3) is 0.704. The molecule has 39 heavy (non-hydrogen) atoms. The smallest absolute Gasteiger partial charge is 0.214 e. The van der Waals surface area contributed by atoms with Gasteiger partial charge in [0.15, 0.2) is 0 Å². The third kappa shape index (κ3) is 6.01. The Morgan fingerprint density at radius 1 is 1.05 bits per heavy atom. The number of piperidine rings is 2. The second-order valence-corrected chi connectivity index (χ2v) is 13.7. The van der Waals surface area contributed by atoms with Crippen molar-refractivity contribution < 1.29 is 13.2 Å². The first kappa shape index (κ1) is 27.1. The van der Waals surface area contributed by atoms with Crippen LogP contribution in [0.2, 0.25) is 0 Å². The predicted octanol–water partition coefficient (Wildman–Crippen LogP) is 2.23. The van der Waals surface area contributed by atoms with E-state index in [0.29, 0.717) is 6.04 Å². The van der Waals surface area contributed by atoms with E-state index in [9.17, 15) is 8.42 Å². The maximum absolute atomic E-state index is 12.9. The Balaban J connectivity index is 1.27. The molecule has 0 saturated carbocycles. The summed E-state index contributed by atoms with van der Waals surface area (Å²) in [4.78, 5) is 12.5. The Morgan fingerprint density at radius 3 is 2.51 bits per heavy atom. The van der Waals surface area contributed by atoms with Crippen molar-refractivity contribution in [2.75, 3.05) is 42.7 Å². The zero-order valence-electron chi connectivity index (χ0n) is 23.0. The van der Waals surface area contributed by atoms with E-state index in [0.717, 1.165) is 99.6 Å². The van der Waals surface area contributed by atoms with Gasteiger partial charge in [-0.05, 0) is 58.1 Å². The zero-order valence-corrected chi connectivity index (χ0v) is 23.8. The molecule has 12 heteroatoms. The summed E-state index contributed by atoms with van der Waals surface area (Å²) in [6.45, 7) is 8.07. The maximum Gasteiger partial charge on any atom is 0.214 e. The molecule has 0 aliphatic carbocycles. The fourth-order valence-electron chi connectivity index (χ4n) is 6.67. The molecular weight excluding hydrogens is 516 g/mol. The van der Waals surface area contributed by atoms with Crippen LogP contribution in [-0.4, -0.2) is 90.0 Å². The summed E-state index contributed by atoms with van der Waals surface area (Å²) in [5.74, 6) is 1.76. The molecule has 3 unspecified atom stereocenters. The highest BCUT2D eigenvalue weighted by Crippen LogP contribution is 2.38. The first-order valence-electron chi connectivity index (χ1n) is 14.5. The van der Waals surface area contributed by atoms with Crippen LogP contribution in [0.15, 0.2) is 18.2 Å². The molecule has 4 aliphatic rings. The van der Waals surface area contributed by atoms with E-state index in [1.807, 2.05) is 10.4 Å². The number of aromatic nitrogens is 2. The van der Waals surface area contributed by atoms with Crippen molar-refractivity contribution in [3.05, 3.63) is 23.9 Å². The number of nitrogens with zero attached hydrogens (tertiary/aromatic N) is 4. The molecule has 0 aromatic carbocycles. The fourth-order valence-corrected chi connectivity index (χ4v) is 8.26. The highest BCUT2D eigenvalue weighted by atomic mass is 32.2. The minimum Gasteiger partial charge on any atom is -0.379 e. The van der Waals surface area contributed by atoms with Crippen LogP contribution in [0, 0.1) is 0 Å². The molecule has 4 N–H and O–H groups in total. The number of hydrazine groups is 1. The summed E-state index contributed by atoms with van der Waals surface area (Å²) in [7, 11) is -3.21. The second kappa shape index (κ2) is 11.4. The number of rotatable bonds is 8. The second-order valence-electron chi connectivity index (χ2n) is 11.5. The predicted molar refractivity (Wildman–Crippen MR) is 153 cm³/mol. The van der Waals surface area contributed by atoms with Crippen molar-refractivity contribution in [3.8, 4) is 0 Å². The maximum atomic E-state index is 12.9. The molecule has 2 aromatic rings. The van der Waals surface area contributed by atoms with E-state index >= 15 is 0 Å². The van der Waals surface area contributed by atoms with Crippen LogP contribution in [0.1, 0.15) is 58.1 Å². The average molecular weight is 559 g/mol. The van der Waals surface area contributed by atoms with E-state index in [-0.39, 0.29) is 30.0 Å². The van der Waals surface area contributed by atoms with Crippen LogP contribution in [0.4, 0.5) is 11.6 Å². The third-order valence-corrected chi connectivity index (χ3v) is 10.6. The van der Waals surface area contributed by atoms with E-state index in [2.05, 4.69) is 45.4 Å². The minimum atomic E-state index is -3.21.